The van der Waals surface area contributed by atoms with Crippen molar-refractivity contribution in [3.05, 3.63) is 0 Å². The van der Waals surface area contributed by atoms with Crippen LogP contribution in [0.2, 0.25) is 0 Å². The molecule has 0 spiro atoms. The lowest BCUT2D eigenvalue weighted by molar-refractivity contribution is 0.116. The summed E-state index contributed by atoms with van der Waals surface area (Å²) in [5, 5.41) is 3.62. The molecule has 0 aromatic rings. The normalized spacial score (nSPS) is 28.3. The molecule has 0 radical (unpaired) electrons. The molecule has 3 heteroatoms. The summed E-state index contributed by atoms with van der Waals surface area (Å²) in [7, 11) is 4.27. The van der Waals surface area contributed by atoms with E-state index in [0.29, 0.717) is 6.04 Å². The van der Waals surface area contributed by atoms with Gasteiger partial charge in [0.1, 0.15) is 0 Å². The largest absolute Gasteiger partial charge is 0.308 e. The van der Waals surface area contributed by atoms with Crippen LogP contribution in [0.25, 0.3) is 0 Å². The van der Waals surface area contributed by atoms with Crippen LogP contribution in [0.15, 0.2) is 0 Å². The summed E-state index contributed by atoms with van der Waals surface area (Å²) < 4.78 is 0. The number of piperazine rings is 1. The Kier molecular flexibility index (Phi) is 3.93. The monoisotopic (exact) mass is 199 g/mol. The third kappa shape index (κ3) is 3.95. The van der Waals surface area contributed by atoms with Gasteiger partial charge >= 0.3 is 0 Å². The van der Waals surface area contributed by atoms with Gasteiger partial charge in [0, 0.05) is 37.8 Å². The zero-order valence-electron chi connectivity index (χ0n) is 10.3. The molecule has 0 bridgehead atoms. The molecule has 84 valence electrons. The Labute approximate surface area is 88.5 Å². The topological polar surface area (TPSA) is 18.5 Å². The molecule has 0 aliphatic carbocycles. The number of hydrogen-bond acceptors (Lipinski definition) is 3. The average Bonchev–Trinajstić information content (AvgIpc) is 1.96. The van der Waals surface area contributed by atoms with Crippen LogP contribution in [-0.4, -0.2) is 61.7 Å². The van der Waals surface area contributed by atoms with Crippen LogP contribution in [0.3, 0.4) is 0 Å². The third-order valence-corrected chi connectivity index (χ3v) is 2.65. The minimum atomic E-state index is 0.268. The summed E-state index contributed by atoms with van der Waals surface area (Å²) in [5.74, 6) is 0. The van der Waals surface area contributed by atoms with Gasteiger partial charge in [-0.25, -0.2) is 0 Å². The minimum absolute atomic E-state index is 0.268. The van der Waals surface area contributed by atoms with Crippen molar-refractivity contribution >= 4 is 0 Å². The van der Waals surface area contributed by atoms with Crippen LogP contribution in [0, 0.1) is 0 Å². The minimum Gasteiger partial charge on any atom is -0.308 e. The lowest BCUT2D eigenvalue weighted by atomic mass is 9.99. The maximum atomic E-state index is 3.62. The van der Waals surface area contributed by atoms with Crippen molar-refractivity contribution < 1.29 is 0 Å². The summed E-state index contributed by atoms with van der Waals surface area (Å²) in [5.41, 5.74) is 0.268. The first kappa shape index (κ1) is 12.0. The molecule has 1 atom stereocenters. The Balaban J connectivity index is 2.38. The number of nitrogens with zero attached hydrogens (tertiary/aromatic N) is 2. The molecule has 1 aliphatic heterocycles. The average molecular weight is 199 g/mol. The van der Waals surface area contributed by atoms with Crippen molar-refractivity contribution in [2.45, 2.75) is 32.4 Å². The highest BCUT2D eigenvalue weighted by Crippen LogP contribution is 2.13. The molecule has 1 unspecified atom stereocenters. The number of rotatable bonds is 3. The van der Waals surface area contributed by atoms with Crippen molar-refractivity contribution in [1.29, 1.82) is 0 Å². The lowest BCUT2D eigenvalue weighted by Gasteiger charge is -2.43. The van der Waals surface area contributed by atoms with Crippen LogP contribution in [0.1, 0.15) is 20.8 Å². The molecule has 0 aromatic heterocycles. The van der Waals surface area contributed by atoms with E-state index in [0.717, 1.165) is 13.1 Å². The second-order valence-corrected chi connectivity index (χ2v) is 5.47. The van der Waals surface area contributed by atoms with Gasteiger partial charge in [-0.05, 0) is 34.9 Å². The molecule has 0 saturated carbocycles. The Morgan fingerprint density at radius 1 is 1.43 bits per heavy atom. The second kappa shape index (κ2) is 4.60. The van der Waals surface area contributed by atoms with Gasteiger partial charge < -0.3 is 10.2 Å². The van der Waals surface area contributed by atoms with E-state index in [4.69, 9.17) is 0 Å². The Morgan fingerprint density at radius 3 is 2.57 bits per heavy atom. The van der Waals surface area contributed by atoms with E-state index in [-0.39, 0.29) is 5.54 Å². The standard InChI is InChI=1S/C11H25N3/c1-10-8-14(7-6-13(4)5)9-11(2,3)12-10/h10,12H,6-9H2,1-5H3. The van der Waals surface area contributed by atoms with E-state index < -0.39 is 0 Å². The van der Waals surface area contributed by atoms with Gasteiger partial charge in [-0.3, -0.25) is 4.90 Å². The van der Waals surface area contributed by atoms with Crippen molar-refractivity contribution in [1.82, 2.24) is 15.1 Å². The molecule has 3 nitrogen and oxygen atoms in total. The fourth-order valence-corrected chi connectivity index (χ4v) is 2.28. The first-order valence-electron chi connectivity index (χ1n) is 5.54. The van der Waals surface area contributed by atoms with Gasteiger partial charge in [0.2, 0.25) is 0 Å². The number of hydrogen-bond donors (Lipinski definition) is 1. The van der Waals surface area contributed by atoms with Gasteiger partial charge in [0.05, 0.1) is 0 Å². The van der Waals surface area contributed by atoms with Crippen molar-refractivity contribution in [3.8, 4) is 0 Å². The van der Waals surface area contributed by atoms with E-state index >= 15 is 0 Å². The van der Waals surface area contributed by atoms with E-state index in [1.807, 2.05) is 0 Å². The SMILES string of the molecule is CC1CN(CCN(C)C)CC(C)(C)N1. The van der Waals surface area contributed by atoms with E-state index in [1.54, 1.807) is 0 Å². The third-order valence-electron chi connectivity index (χ3n) is 2.65. The van der Waals surface area contributed by atoms with Crippen molar-refractivity contribution in [3.63, 3.8) is 0 Å². The van der Waals surface area contributed by atoms with Gasteiger partial charge in [0.25, 0.3) is 0 Å². The van der Waals surface area contributed by atoms with Crippen LogP contribution < -0.4 is 5.32 Å². The molecule has 0 amide bonds. The number of likely N-dealkylation sites (N-methyl/N-ethyl adjacent to an activating group) is 1. The first-order chi connectivity index (χ1) is 6.39. The Hall–Kier alpha value is -0.120. The van der Waals surface area contributed by atoms with E-state index in [9.17, 15) is 0 Å². The highest BCUT2D eigenvalue weighted by molar-refractivity contribution is 4.90. The first-order valence-corrected chi connectivity index (χ1v) is 5.54. The van der Waals surface area contributed by atoms with Crippen LogP contribution in [-0.2, 0) is 0 Å². The van der Waals surface area contributed by atoms with Crippen molar-refractivity contribution in [2.75, 3.05) is 40.3 Å². The summed E-state index contributed by atoms with van der Waals surface area (Å²) >= 11 is 0. The van der Waals surface area contributed by atoms with E-state index in [1.165, 1.54) is 13.1 Å². The molecular weight excluding hydrogens is 174 g/mol. The van der Waals surface area contributed by atoms with Crippen LogP contribution >= 0.6 is 0 Å². The molecule has 1 heterocycles. The number of nitrogens with one attached hydrogen (secondary N) is 1. The lowest BCUT2D eigenvalue weighted by Crippen LogP contribution is -2.61. The Bertz CT molecular complexity index is 177. The van der Waals surface area contributed by atoms with Crippen LogP contribution in [0.5, 0.6) is 0 Å². The zero-order chi connectivity index (χ0) is 10.8. The second-order valence-electron chi connectivity index (χ2n) is 5.47. The van der Waals surface area contributed by atoms with Gasteiger partial charge in [0.15, 0.2) is 0 Å². The predicted octanol–water partition coefficient (Wildman–Crippen LogP) is 0.620. The maximum absolute atomic E-state index is 3.62. The maximum Gasteiger partial charge on any atom is 0.0255 e. The summed E-state index contributed by atoms with van der Waals surface area (Å²) in [6.07, 6.45) is 0. The molecule has 0 aromatic carbocycles. The van der Waals surface area contributed by atoms with Crippen LogP contribution in [0.4, 0.5) is 0 Å². The Morgan fingerprint density at radius 2 is 2.07 bits per heavy atom. The van der Waals surface area contributed by atoms with Gasteiger partial charge in [-0.15, -0.1) is 0 Å². The highest BCUT2D eigenvalue weighted by atomic mass is 15.2. The molecule has 1 saturated heterocycles. The molecule has 1 aliphatic rings. The predicted molar refractivity (Wildman–Crippen MR) is 61.7 cm³/mol. The molecule has 1 fully saturated rings. The quantitative estimate of drug-likeness (QED) is 0.719. The molecule has 1 rings (SSSR count). The zero-order valence-corrected chi connectivity index (χ0v) is 10.3. The van der Waals surface area contributed by atoms with Gasteiger partial charge in [-0.1, -0.05) is 0 Å². The molecular formula is C11H25N3. The summed E-state index contributed by atoms with van der Waals surface area (Å²) in [6.45, 7) is 11.5. The molecule has 14 heavy (non-hydrogen) atoms. The highest BCUT2D eigenvalue weighted by Gasteiger charge is 2.29. The van der Waals surface area contributed by atoms with Gasteiger partial charge in [-0.2, -0.15) is 0 Å². The van der Waals surface area contributed by atoms with E-state index in [2.05, 4.69) is 50.0 Å². The smallest absolute Gasteiger partial charge is 0.0255 e. The fourth-order valence-electron chi connectivity index (χ4n) is 2.28. The molecule has 1 N–H and O–H groups in total. The fraction of sp³-hybridized carbons (Fsp3) is 1.00. The summed E-state index contributed by atoms with van der Waals surface area (Å²) in [4.78, 5) is 4.81. The summed E-state index contributed by atoms with van der Waals surface area (Å²) in [6, 6.07) is 0.612. The van der Waals surface area contributed by atoms with Crippen molar-refractivity contribution in [2.24, 2.45) is 0 Å².